The highest BCUT2D eigenvalue weighted by Gasteiger charge is 2.39. The molecule has 38 heavy (non-hydrogen) atoms. The van der Waals surface area contributed by atoms with Crippen molar-refractivity contribution >= 4 is 27.3 Å². The molecule has 208 valence electrons. The Bertz CT molecular complexity index is 1300. The van der Waals surface area contributed by atoms with Gasteiger partial charge in [0.15, 0.2) is 9.84 Å². The molecule has 1 saturated carbocycles. The Morgan fingerprint density at radius 1 is 1.16 bits per heavy atom. The molecule has 0 radical (unpaired) electrons. The number of likely N-dealkylation sites (tertiary alicyclic amines) is 1. The molecule has 0 spiro atoms. The normalized spacial score (nSPS) is 18.9. The summed E-state index contributed by atoms with van der Waals surface area (Å²) in [6.07, 6.45) is -1.15. The van der Waals surface area contributed by atoms with Crippen LogP contribution >= 0.6 is 11.6 Å². The smallest absolute Gasteiger partial charge is 0.348 e. The number of rotatable bonds is 9. The van der Waals surface area contributed by atoms with Gasteiger partial charge in [0.2, 0.25) is 0 Å². The topological polar surface area (TPSA) is 78.5 Å². The van der Waals surface area contributed by atoms with E-state index in [1.807, 2.05) is 7.05 Å². The molecular formula is C27H33ClF3N3O3S. The summed E-state index contributed by atoms with van der Waals surface area (Å²) in [6, 6.07) is 7.02. The van der Waals surface area contributed by atoms with Gasteiger partial charge < -0.3 is 10.6 Å². The van der Waals surface area contributed by atoms with Gasteiger partial charge in [-0.2, -0.15) is 13.2 Å². The highest BCUT2D eigenvalue weighted by molar-refractivity contribution is 7.91. The molecular weight excluding hydrogens is 539 g/mol. The van der Waals surface area contributed by atoms with Crippen LogP contribution in [0.5, 0.6) is 0 Å². The van der Waals surface area contributed by atoms with Crippen LogP contribution in [-0.2, 0) is 29.1 Å². The van der Waals surface area contributed by atoms with Crippen LogP contribution in [0.15, 0.2) is 35.2 Å². The number of piperidine rings is 1. The molecule has 0 aromatic heterocycles. The first kappa shape index (κ1) is 28.9. The first-order chi connectivity index (χ1) is 17.9. The van der Waals surface area contributed by atoms with E-state index in [2.05, 4.69) is 15.5 Å². The minimum absolute atomic E-state index is 0.00188. The van der Waals surface area contributed by atoms with Crippen molar-refractivity contribution in [3.8, 4) is 0 Å². The monoisotopic (exact) mass is 571 g/mol. The van der Waals surface area contributed by atoms with Gasteiger partial charge in [-0.1, -0.05) is 18.5 Å². The third-order valence-electron chi connectivity index (χ3n) is 7.34. The van der Waals surface area contributed by atoms with Gasteiger partial charge in [-0.25, -0.2) is 8.42 Å². The summed E-state index contributed by atoms with van der Waals surface area (Å²) in [6.45, 7) is 2.90. The lowest BCUT2D eigenvalue weighted by Crippen LogP contribution is -2.44. The minimum Gasteiger partial charge on any atom is -0.348 e. The standard InChI is InChI=1S/C27H33ClF3N3O3S/c1-3-38(36,37)25-9-8-20(28)11-19(25)14-33-26(35)18-12-22(17-6-7-17)23(24(13-18)27(29,30)31)16-34-10-4-5-21(15-34)32-2/h8-9,11-13,17,21,32H,3-7,10,14-16H2,1-2H3,(H,33,35)/t21-/m0/s1. The molecule has 1 heterocycles. The molecule has 4 rings (SSSR count). The van der Waals surface area contributed by atoms with Crippen molar-refractivity contribution in [2.24, 2.45) is 0 Å². The van der Waals surface area contributed by atoms with E-state index >= 15 is 0 Å². The number of benzene rings is 2. The van der Waals surface area contributed by atoms with E-state index in [9.17, 15) is 26.4 Å². The van der Waals surface area contributed by atoms with Gasteiger partial charge in [-0.15, -0.1) is 0 Å². The maximum Gasteiger partial charge on any atom is 0.416 e. The molecule has 0 bridgehead atoms. The quantitative estimate of drug-likeness (QED) is 0.436. The lowest BCUT2D eigenvalue weighted by molar-refractivity contribution is -0.138. The number of nitrogens with zero attached hydrogens (tertiary/aromatic N) is 1. The lowest BCUT2D eigenvalue weighted by atomic mass is 9.92. The predicted molar refractivity (Wildman–Crippen MR) is 141 cm³/mol. The van der Waals surface area contributed by atoms with Gasteiger partial charge in [0.1, 0.15) is 0 Å². The molecule has 11 heteroatoms. The first-order valence-electron chi connectivity index (χ1n) is 12.9. The van der Waals surface area contributed by atoms with Crippen molar-refractivity contribution in [3.05, 3.63) is 63.2 Å². The minimum atomic E-state index is -4.62. The van der Waals surface area contributed by atoms with Crippen LogP contribution in [0.3, 0.4) is 0 Å². The zero-order valence-electron chi connectivity index (χ0n) is 21.5. The molecule has 1 saturated heterocycles. The average molecular weight is 572 g/mol. The van der Waals surface area contributed by atoms with Crippen LogP contribution in [-0.4, -0.2) is 51.2 Å². The largest absolute Gasteiger partial charge is 0.416 e. The Labute approximate surface area is 226 Å². The van der Waals surface area contributed by atoms with Crippen molar-refractivity contribution in [3.63, 3.8) is 0 Å². The molecule has 2 N–H and O–H groups in total. The predicted octanol–water partition coefficient (Wildman–Crippen LogP) is 5.14. The third-order valence-corrected chi connectivity index (χ3v) is 9.41. The number of hydrogen-bond donors (Lipinski definition) is 2. The maximum atomic E-state index is 14.3. The Morgan fingerprint density at radius 2 is 1.89 bits per heavy atom. The summed E-state index contributed by atoms with van der Waals surface area (Å²) < 4.78 is 67.9. The second-order valence-corrected chi connectivity index (χ2v) is 12.7. The van der Waals surface area contributed by atoms with Gasteiger partial charge in [-0.3, -0.25) is 9.69 Å². The number of hydrogen-bond acceptors (Lipinski definition) is 5. The second kappa shape index (κ2) is 11.5. The SMILES string of the molecule is CCS(=O)(=O)c1ccc(Cl)cc1CNC(=O)c1cc(C2CC2)c(CN2CCC[C@H](NC)C2)c(C(F)(F)F)c1. The summed E-state index contributed by atoms with van der Waals surface area (Å²) in [4.78, 5) is 15.2. The van der Waals surface area contributed by atoms with Gasteiger partial charge >= 0.3 is 6.18 Å². The lowest BCUT2D eigenvalue weighted by Gasteiger charge is -2.34. The number of carbonyl (C=O) groups is 1. The molecule has 1 amide bonds. The van der Waals surface area contributed by atoms with Crippen molar-refractivity contribution in [1.82, 2.24) is 15.5 Å². The maximum absolute atomic E-state index is 14.3. The number of alkyl halides is 3. The van der Waals surface area contributed by atoms with E-state index in [4.69, 9.17) is 11.6 Å². The van der Waals surface area contributed by atoms with Crippen molar-refractivity contribution in [1.29, 1.82) is 0 Å². The zero-order chi connectivity index (χ0) is 27.7. The summed E-state index contributed by atoms with van der Waals surface area (Å²) in [7, 11) is -1.72. The molecule has 1 aliphatic carbocycles. The van der Waals surface area contributed by atoms with Gasteiger partial charge in [0, 0.05) is 36.3 Å². The van der Waals surface area contributed by atoms with Crippen molar-refractivity contribution in [2.45, 2.75) is 68.7 Å². The summed E-state index contributed by atoms with van der Waals surface area (Å²) in [5.41, 5.74) is 0.243. The highest BCUT2D eigenvalue weighted by atomic mass is 35.5. The fourth-order valence-electron chi connectivity index (χ4n) is 5.09. The molecule has 2 aromatic rings. The van der Waals surface area contributed by atoms with E-state index in [-0.39, 0.29) is 52.4 Å². The third kappa shape index (κ3) is 6.70. The van der Waals surface area contributed by atoms with E-state index < -0.39 is 27.5 Å². The van der Waals surface area contributed by atoms with Gasteiger partial charge in [0.05, 0.1) is 16.2 Å². The van der Waals surface area contributed by atoms with Crippen LogP contribution in [0.1, 0.15) is 71.1 Å². The van der Waals surface area contributed by atoms with E-state index in [0.717, 1.165) is 38.3 Å². The fraction of sp³-hybridized carbons (Fsp3) is 0.519. The molecule has 0 unspecified atom stereocenters. The van der Waals surface area contributed by atoms with Crippen molar-refractivity contribution < 1.29 is 26.4 Å². The van der Waals surface area contributed by atoms with Gasteiger partial charge in [-0.05, 0) is 92.2 Å². The van der Waals surface area contributed by atoms with E-state index in [1.165, 1.54) is 25.1 Å². The fourth-order valence-corrected chi connectivity index (χ4v) is 6.41. The average Bonchev–Trinajstić information content (AvgIpc) is 3.72. The number of nitrogens with one attached hydrogen (secondary N) is 2. The number of likely N-dealkylation sites (N-methyl/N-ethyl adjacent to an activating group) is 1. The summed E-state index contributed by atoms with van der Waals surface area (Å²) in [5, 5.41) is 6.13. The van der Waals surface area contributed by atoms with Gasteiger partial charge in [0.25, 0.3) is 5.91 Å². The Hall–Kier alpha value is -2.14. The van der Waals surface area contributed by atoms with E-state index in [1.54, 1.807) is 6.07 Å². The summed E-state index contributed by atoms with van der Waals surface area (Å²) in [5.74, 6) is -0.835. The van der Waals surface area contributed by atoms with Crippen LogP contribution in [0.2, 0.25) is 5.02 Å². The first-order valence-corrected chi connectivity index (χ1v) is 14.9. The van der Waals surface area contributed by atoms with Crippen LogP contribution in [0.4, 0.5) is 13.2 Å². The Balaban J connectivity index is 1.64. The van der Waals surface area contributed by atoms with Crippen LogP contribution in [0.25, 0.3) is 0 Å². The molecule has 1 atom stereocenters. The Morgan fingerprint density at radius 3 is 2.53 bits per heavy atom. The van der Waals surface area contributed by atoms with Crippen LogP contribution in [0, 0.1) is 0 Å². The summed E-state index contributed by atoms with van der Waals surface area (Å²) >= 11 is 6.05. The zero-order valence-corrected chi connectivity index (χ0v) is 23.1. The number of carbonyl (C=O) groups excluding carboxylic acids is 1. The second-order valence-electron chi connectivity index (χ2n) is 10.1. The number of amides is 1. The molecule has 6 nitrogen and oxygen atoms in total. The molecule has 1 aliphatic heterocycles. The van der Waals surface area contributed by atoms with Crippen molar-refractivity contribution in [2.75, 3.05) is 25.9 Å². The number of halogens is 4. The van der Waals surface area contributed by atoms with Crippen LogP contribution < -0.4 is 10.6 Å². The van der Waals surface area contributed by atoms with E-state index in [0.29, 0.717) is 17.1 Å². The molecule has 2 aromatic carbocycles. The Kier molecular flexibility index (Phi) is 8.76. The molecule has 2 aliphatic rings. The number of sulfone groups is 1. The molecule has 2 fully saturated rings. The highest BCUT2D eigenvalue weighted by Crippen LogP contribution is 2.46.